The molecule has 0 saturated carbocycles. The molecule has 0 aliphatic carbocycles. The number of hydrogen-bond donors (Lipinski definition) is 1. The van der Waals surface area contributed by atoms with Crippen LogP contribution in [-0.4, -0.2) is 39.0 Å². The quantitative estimate of drug-likeness (QED) is 0.673. The molecule has 120 valence electrons. The number of aromatic nitrogens is 1. The molecule has 1 N–H and O–H groups in total. The first-order valence-electron chi connectivity index (χ1n) is 6.98. The van der Waals surface area contributed by atoms with Crippen LogP contribution < -0.4 is 5.32 Å². The Bertz CT molecular complexity index is 563. The lowest BCUT2D eigenvalue weighted by Gasteiger charge is -2.31. The van der Waals surface area contributed by atoms with Gasteiger partial charge in [0.15, 0.2) is 0 Å². The van der Waals surface area contributed by atoms with Gasteiger partial charge in [0.1, 0.15) is 10.1 Å². The zero-order chi connectivity index (χ0) is 16.1. The van der Waals surface area contributed by atoms with Crippen LogP contribution in [0.3, 0.4) is 0 Å². The molecule has 2 rings (SSSR count). The Kier molecular flexibility index (Phi) is 7.11. The fourth-order valence-electron chi connectivity index (χ4n) is 2.08. The van der Waals surface area contributed by atoms with Gasteiger partial charge in [0, 0.05) is 23.8 Å². The van der Waals surface area contributed by atoms with Crippen molar-refractivity contribution in [3.63, 3.8) is 0 Å². The Labute approximate surface area is 157 Å². The number of carbonyl (C=O) groups is 1. The van der Waals surface area contributed by atoms with Crippen LogP contribution in [-0.2, 0) is 4.79 Å². The van der Waals surface area contributed by atoms with Gasteiger partial charge < -0.3 is 10.2 Å². The molecule has 0 spiro atoms. The number of nitrogens with zero attached hydrogens (tertiary/aromatic N) is 2. The van der Waals surface area contributed by atoms with Crippen molar-refractivity contribution in [2.75, 3.05) is 24.2 Å². The van der Waals surface area contributed by atoms with Crippen molar-refractivity contribution in [2.45, 2.75) is 19.8 Å². The Hall–Kier alpha value is -0.180. The summed E-state index contributed by atoms with van der Waals surface area (Å²) in [4.78, 5) is 18.4. The zero-order valence-electron chi connectivity index (χ0n) is 12.1. The van der Waals surface area contributed by atoms with E-state index < -0.39 is 0 Å². The number of piperidine rings is 1. The highest BCUT2D eigenvalue weighted by molar-refractivity contribution is 9.11. The normalized spacial score (nSPS) is 15.7. The molecule has 1 aromatic rings. The maximum absolute atomic E-state index is 12.0. The molecule has 0 unspecified atom stereocenters. The molecule has 1 aliphatic heterocycles. The number of pyridine rings is 1. The number of hydrogen-bond acceptors (Lipinski definition) is 4. The van der Waals surface area contributed by atoms with Crippen molar-refractivity contribution in [2.24, 2.45) is 5.92 Å². The van der Waals surface area contributed by atoms with E-state index >= 15 is 0 Å². The van der Waals surface area contributed by atoms with E-state index in [1.807, 2.05) is 6.07 Å². The molecular formula is C14H17Br2N3OS2. The van der Waals surface area contributed by atoms with Crippen LogP contribution >= 0.6 is 55.8 Å². The number of nitrogens with one attached hydrogen (secondary N) is 1. The van der Waals surface area contributed by atoms with Crippen LogP contribution in [0.15, 0.2) is 21.2 Å². The number of halogens is 2. The fraction of sp³-hybridized carbons (Fsp3) is 0.500. The minimum atomic E-state index is -0.103. The number of thiocarbonyl (C=S) groups is 1. The van der Waals surface area contributed by atoms with Crippen LogP contribution in [0, 0.1) is 5.92 Å². The summed E-state index contributed by atoms with van der Waals surface area (Å²) in [7, 11) is 0. The van der Waals surface area contributed by atoms with Gasteiger partial charge in [0.05, 0.1) is 10.2 Å². The second kappa shape index (κ2) is 8.61. The molecule has 4 nitrogen and oxygen atoms in total. The Balaban J connectivity index is 1.79. The molecule has 0 bridgehead atoms. The van der Waals surface area contributed by atoms with E-state index in [4.69, 9.17) is 12.2 Å². The monoisotopic (exact) mass is 465 g/mol. The number of carbonyl (C=O) groups excluding carboxylic acids is 1. The van der Waals surface area contributed by atoms with Crippen molar-refractivity contribution < 1.29 is 4.79 Å². The Morgan fingerprint density at radius 2 is 2.18 bits per heavy atom. The molecule has 0 atom stereocenters. The van der Waals surface area contributed by atoms with Crippen LogP contribution in [0.4, 0.5) is 5.82 Å². The van der Waals surface area contributed by atoms with Gasteiger partial charge in [-0.1, -0.05) is 30.9 Å². The average molecular weight is 467 g/mol. The summed E-state index contributed by atoms with van der Waals surface area (Å²) in [5, 5.41) is 2.79. The van der Waals surface area contributed by atoms with E-state index in [9.17, 15) is 4.79 Å². The maximum Gasteiger partial charge on any atom is 0.236 e. The summed E-state index contributed by atoms with van der Waals surface area (Å²) in [6, 6.07) is 1.84. The van der Waals surface area contributed by atoms with Gasteiger partial charge >= 0.3 is 0 Å². The average Bonchev–Trinajstić information content (AvgIpc) is 2.48. The first kappa shape index (κ1) is 18.2. The maximum atomic E-state index is 12.0. The minimum absolute atomic E-state index is 0.103. The predicted octanol–water partition coefficient (Wildman–Crippen LogP) is 4.30. The smallest absolute Gasteiger partial charge is 0.236 e. The minimum Gasteiger partial charge on any atom is -0.357 e. The van der Waals surface area contributed by atoms with E-state index in [2.05, 4.69) is 54.0 Å². The topological polar surface area (TPSA) is 45.2 Å². The van der Waals surface area contributed by atoms with Crippen molar-refractivity contribution in [3.8, 4) is 0 Å². The van der Waals surface area contributed by atoms with Gasteiger partial charge in [-0.3, -0.25) is 4.79 Å². The summed E-state index contributed by atoms with van der Waals surface area (Å²) >= 11 is 13.5. The van der Waals surface area contributed by atoms with Gasteiger partial charge in [0.25, 0.3) is 0 Å². The third-order valence-corrected chi connectivity index (χ3v) is 6.00. The first-order chi connectivity index (χ1) is 10.5. The van der Waals surface area contributed by atoms with Crippen LogP contribution in [0.5, 0.6) is 0 Å². The van der Waals surface area contributed by atoms with E-state index in [0.717, 1.165) is 32.3 Å². The van der Waals surface area contributed by atoms with Crippen LogP contribution in [0.2, 0.25) is 0 Å². The molecule has 0 radical (unpaired) electrons. The summed E-state index contributed by atoms with van der Waals surface area (Å²) < 4.78 is 2.41. The molecule has 1 amide bonds. The van der Waals surface area contributed by atoms with Gasteiger partial charge in [-0.05, 0) is 56.7 Å². The van der Waals surface area contributed by atoms with Crippen molar-refractivity contribution in [1.29, 1.82) is 0 Å². The van der Waals surface area contributed by atoms with Crippen molar-refractivity contribution in [1.82, 2.24) is 9.88 Å². The molecule has 0 aromatic carbocycles. The highest BCUT2D eigenvalue weighted by Gasteiger charge is 2.19. The van der Waals surface area contributed by atoms with E-state index in [1.165, 1.54) is 24.6 Å². The van der Waals surface area contributed by atoms with E-state index in [-0.39, 0.29) is 5.91 Å². The third kappa shape index (κ3) is 5.47. The highest BCUT2D eigenvalue weighted by Crippen LogP contribution is 2.24. The molecule has 1 fully saturated rings. The molecule has 8 heteroatoms. The molecule has 2 heterocycles. The van der Waals surface area contributed by atoms with Gasteiger partial charge in [0.2, 0.25) is 5.91 Å². The fourth-order valence-corrected chi connectivity index (χ4v) is 4.22. The van der Waals surface area contributed by atoms with E-state index in [0.29, 0.717) is 11.6 Å². The number of rotatable bonds is 3. The standard InChI is InChI=1S/C14H17Br2N3OS2/c1-9-2-4-19(5-3-9)14(21)22-8-12(20)18-13-11(16)6-10(15)7-17-13/h6-7,9H,2-5,8H2,1H3,(H,17,18,20). The largest absolute Gasteiger partial charge is 0.357 e. The molecule has 1 aromatic heterocycles. The highest BCUT2D eigenvalue weighted by atomic mass is 79.9. The lowest BCUT2D eigenvalue weighted by atomic mass is 10.00. The van der Waals surface area contributed by atoms with Gasteiger partial charge in [-0.2, -0.15) is 0 Å². The second-order valence-electron chi connectivity index (χ2n) is 5.26. The number of amides is 1. The number of thioether (sulfide) groups is 1. The zero-order valence-corrected chi connectivity index (χ0v) is 16.9. The molecule has 22 heavy (non-hydrogen) atoms. The van der Waals surface area contributed by atoms with Crippen molar-refractivity contribution >= 4 is 71.9 Å². The Morgan fingerprint density at radius 1 is 1.50 bits per heavy atom. The van der Waals surface area contributed by atoms with E-state index in [1.54, 1.807) is 6.20 Å². The summed E-state index contributed by atoms with van der Waals surface area (Å²) in [6.07, 6.45) is 3.98. The molecule has 1 saturated heterocycles. The van der Waals surface area contributed by atoms with Gasteiger partial charge in [-0.25, -0.2) is 4.98 Å². The molecule has 1 aliphatic rings. The molecular weight excluding hydrogens is 450 g/mol. The van der Waals surface area contributed by atoms with Gasteiger partial charge in [-0.15, -0.1) is 0 Å². The summed E-state index contributed by atoms with van der Waals surface area (Å²) in [6.45, 7) is 4.26. The second-order valence-corrected chi connectivity index (χ2v) is 8.64. The third-order valence-electron chi connectivity index (χ3n) is 3.43. The lowest BCUT2D eigenvalue weighted by Crippen LogP contribution is -2.36. The Morgan fingerprint density at radius 3 is 2.82 bits per heavy atom. The summed E-state index contributed by atoms with van der Waals surface area (Å²) in [5.74, 6) is 1.49. The number of likely N-dealkylation sites (tertiary alicyclic amines) is 1. The lowest BCUT2D eigenvalue weighted by molar-refractivity contribution is -0.113. The number of anilines is 1. The van der Waals surface area contributed by atoms with Crippen LogP contribution in [0.25, 0.3) is 0 Å². The van der Waals surface area contributed by atoms with Crippen molar-refractivity contribution in [3.05, 3.63) is 21.2 Å². The first-order valence-corrected chi connectivity index (χ1v) is 9.96. The summed E-state index contributed by atoms with van der Waals surface area (Å²) in [5.41, 5.74) is 0. The predicted molar refractivity (Wildman–Crippen MR) is 103 cm³/mol. The SMILES string of the molecule is CC1CCN(C(=S)SCC(=O)Nc2ncc(Br)cc2Br)CC1. The van der Waals surface area contributed by atoms with Crippen LogP contribution in [0.1, 0.15) is 19.8 Å².